The molecule has 1 aromatic heterocycles. The lowest BCUT2D eigenvalue weighted by Gasteiger charge is -2.33. The fraction of sp³-hybridized carbons (Fsp3) is 0.400. The van der Waals surface area contributed by atoms with Crippen LogP contribution < -0.4 is 10.6 Å². The number of aromatic nitrogens is 1. The Morgan fingerprint density at radius 1 is 1.33 bits per heavy atom. The van der Waals surface area contributed by atoms with Gasteiger partial charge in [-0.25, -0.2) is 0 Å². The van der Waals surface area contributed by atoms with Crippen LogP contribution in [-0.4, -0.2) is 52.4 Å². The molecule has 2 N–H and O–H groups in total. The van der Waals surface area contributed by atoms with E-state index in [-0.39, 0.29) is 17.3 Å². The summed E-state index contributed by atoms with van der Waals surface area (Å²) in [5, 5.41) is 6.59. The van der Waals surface area contributed by atoms with Crippen molar-refractivity contribution in [3.8, 4) is 0 Å². The summed E-state index contributed by atoms with van der Waals surface area (Å²) < 4.78 is 2.32. The molecule has 0 radical (unpaired) electrons. The van der Waals surface area contributed by atoms with Crippen molar-refractivity contribution in [1.82, 2.24) is 14.5 Å². The normalized spacial score (nSPS) is 16.0. The molecule has 1 saturated heterocycles. The van der Waals surface area contributed by atoms with Crippen molar-refractivity contribution in [2.45, 2.75) is 13.5 Å². The van der Waals surface area contributed by atoms with Gasteiger partial charge in [-0.3, -0.25) is 19.2 Å². The van der Waals surface area contributed by atoms with Gasteiger partial charge in [-0.2, -0.15) is 5.10 Å². The molecule has 9 heteroatoms. The number of nitrogens with two attached hydrogens (primary N) is 1. The molecule has 0 atom stereocenters. The van der Waals surface area contributed by atoms with E-state index in [9.17, 15) is 9.59 Å². The molecule has 1 aromatic carbocycles. The first kappa shape index (κ1) is 16.8. The quantitative estimate of drug-likeness (QED) is 0.651. The fourth-order valence-corrected chi connectivity index (χ4v) is 3.73. The van der Waals surface area contributed by atoms with Crippen LogP contribution in [0.25, 0.3) is 10.2 Å². The molecular formula is C15H18ClN5O2S. The number of hydrazone groups is 1. The topological polar surface area (TPSA) is 83.9 Å². The number of halogens is 1. The third-order valence-corrected chi connectivity index (χ3v) is 5.03. The summed E-state index contributed by atoms with van der Waals surface area (Å²) in [5.74, 6) is 0.424. The number of hydrogen-bond acceptors (Lipinski definition) is 5. The maximum absolute atomic E-state index is 12.5. The summed E-state index contributed by atoms with van der Waals surface area (Å²) in [6.07, 6.45) is 0. The Balaban J connectivity index is 1.72. The van der Waals surface area contributed by atoms with Crippen LogP contribution in [0, 0.1) is 0 Å². The molecule has 24 heavy (non-hydrogen) atoms. The molecule has 0 bridgehead atoms. The highest BCUT2D eigenvalue weighted by Gasteiger charge is 2.22. The van der Waals surface area contributed by atoms with E-state index < -0.39 is 0 Å². The molecular weight excluding hydrogens is 350 g/mol. The van der Waals surface area contributed by atoms with Crippen molar-refractivity contribution >= 4 is 44.9 Å². The van der Waals surface area contributed by atoms with Crippen molar-refractivity contribution in [3.05, 3.63) is 32.9 Å². The number of rotatable bonds is 3. The smallest absolute Gasteiger partial charge is 0.308 e. The Labute approximate surface area is 147 Å². The van der Waals surface area contributed by atoms with Gasteiger partial charge in [0.25, 0.3) is 0 Å². The lowest BCUT2D eigenvalue weighted by atomic mass is 10.3. The number of thiazole rings is 1. The zero-order valence-corrected chi connectivity index (χ0v) is 14.8. The van der Waals surface area contributed by atoms with Gasteiger partial charge in [0.15, 0.2) is 0 Å². The Kier molecular flexibility index (Phi) is 4.77. The Bertz CT molecular complexity index is 847. The number of piperazine rings is 1. The molecule has 0 aliphatic carbocycles. The average molecular weight is 368 g/mol. The van der Waals surface area contributed by atoms with Crippen molar-refractivity contribution in [1.29, 1.82) is 0 Å². The Morgan fingerprint density at radius 2 is 2.04 bits per heavy atom. The standard InChI is InChI=1S/C15H18ClN5O2S/c1-10(17)18-20-6-4-19(5-7-20)14(22)9-21-12-8-11(16)2-3-13(12)24-15(21)23/h2-3,8H,4-7,9H2,1H3,(H2,17,18). The molecule has 7 nitrogen and oxygen atoms in total. The van der Waals surface area contributed by atoms with Gasteiger partial charge in [0, 0.05) is 18.1 Å². The van der Waals surface area contributed by atoms with E-state index in [4.69, 9.17) is 17.3 Å². The lowest BCUT2D eigenvalue weighted by Crippen LogP contribution is -2.48. The zero-order valence-electron chi connectivity index (χ0n) is 13.2. The highest BCUT2D eigenvalue weighted by molar-refractivity contribution is 7.16. The molecule has 1 aliphatic heterocycles. The number of benzene rings is 1. The minimum Gasteiger partial charge on any atom is -0.386 e. The van der Waals surface area contributed by atoms with Crippen LogP contribution in [0.4, 0.5) is 0 Å². The summed E-state index contributed by atoms with van der Waals surface area (Å²) >= 11 is 7.13. The molecule has 2 heterocycles. The van der Waals surface area contributed by atoms with Gasteiger partial charge in [0.2, 0.25) is 5.91 Å². The van der Waals surface area contributed by atoms with Gasteiger partial charge in [0.1, 0.15) is 12.4 Å². The van der Waals surface area contributed by atoms with Crippen molar-refractivity contribution in [2.75, 3.05) is 26.2 Å². The number of fused-ring (bicyclic) bond motifs is 1. The first-order chi connectivity index (χ1) is 11.4. The minimum absolute atomic E-state index is 0.0262. The third-order valence-electron chi connectivity index (χ3n) is 3.83. The molecule has 0 unspecified atom stereocenters. The summed E-state index contributed by atoms with van der Waals surface area (Å²) in [4.78, 5) is 26.3. The fourth-order valence-electron chi connectivity index (χ4n) is 2.69. The molecule has 0 spiro atoms. The molecule has 3 rings (SSSR count). The maximum Gasteiger partial charge on any atom is 0.308 e. The van der Waals surface area contributed by atoms with Gasteiger partial charge in [-0.05, 0) is 25.1 Å². The number of amidine groups is 1. The van der Waals surface area contributed by atoms with Crippen LogP contribution >= 0.6 is 22.9 Å². The lowest BCUT2D eigenvalue weighted by molar-refractivity contribution is -0.133. The molecule has 1 fully saturated rings. The zero-order chi connectivity index (χ0) is 17.3. The molecule has 1 amide bonds. The number of carbonyl (C=O) groups excluding carboxylic acids is 1. The van der Waals surface area contributed by atoms with Crippen molar-refractivity contribution in [2.24, 2.45) is 10.8 Å². The summed E-state index contributed by atoms with van der Waals surface area (Å²) in [6, 6.07) is 5.26. The Hall–Kier alpha value is -2.06. The van der Waals surface area contributed by atoms with Crippen molar-refractivity contribution < 1.29 is 4.79 Å². The van der Waals surface area contributed by atoms with Crippen molar-refractivity contribution in [3.63, 3.8) is 0 Å². The second-order valence-corrected chi connectivity index (χ2v) is 7.07. The van der Waals surface area contributed by atoms with Gasteiger partial charge in [0.05, 0.1) is 23.3 Å². The van der Waals surface area contributed by atoms with E-state index in [1.807, 2.05) is 5.01 Å². The van der Waals surface area contributed by atoms with E-state index in [0.29, 0.717) is 42.6 Å². The maximum atomic E-state index is 12.5. The van der Waals surface area contributed by atoms with Crippen LogP contribution in [0.1, 0.15) is 6.92 Å². The molecule has 2 aromatic rings. The number of hydrogen-bond donors (Lipinski definition) is 1. The SMILES string of the molecule is C/C(N)=N/N1CCN(C(=O)Cn2c(=O)sc3ccc(Cl)cc32)CC1. The predicted octanol–water partition coefficient (Wildman–Crippen LogP) is 1.15. The second kappa shape index (κ2) is 6.82. The van der Waals surface area contributed by atoms with Crippen LogP contribution in [0.15, 0.2) is 28.1 Å². The summed E-state index contributed by atoms with van der Waals surface area (Å²) in [7, 11) is 0. The monoisotopic (exact) mass is 367 g/mol. The first-order valence-electron chi connectivity index (χ1n) is 7.56. The number of nitrogens with zero attached hydrogens (tertiary/aromatic N) is 4. The van der Waals surface area contributed by atoms with E-state index in [1.54, 1.807) is 30.0 Å². The highest BCUT2D eigenvalue weighted by Crippen LogP contribution is 2.21. The predicted molar refractivity (Wildman–Crippen MR) is 96.5 cm³/mol. The van der Waals surface area contributed by atoms with E-state index >= 15 is 0 Å². The van der Waals surface area contributed by atoms with Crippen LogP contribution in [0.2, 0.25) is 5.02 Å². The minimum atomic E-state index is -0.150. The molecule has 1 aliphatic rings. The van der Waals surface area contributed by atoms with E-state index in [0.717, 1.165) is 16.0 Å². The van der Waals surface area contributed by atoms with Crippen LogP contribution in [0.3, 0.4) is 0 Å². The highest BCUT2D eigenvalue weighted by atomic mass is 35.5. The molecule has 128 valence electrons. The van der Waals surface area contributed by atoms with Crippen LogP contribution in [-0.2, 0) is 11.3 Å². The van der Waals surface area contributed by atoms with Gasteiger partial charge >= 0.3 is 4.87 Å². The number of amides is 1. The summed E-state index contributed by atoms with van der Waals surface area (Å²) in [6.45, 7) is 4.15. The third kappa shape index (κ3) is 3.54. The van der Waals surface area contributed by atoms with Gasteiger partial charge in [-0.15, -0.1) is 0 Å². The average Bonchev–Trinajstić information content (AvgIpc) is 2.83. The Morgan fingerprint density at radius 3 is 2.71 bits per heavy atom. The van der Waals surface area contributed by atoms with Gasteiger partial charge < -0.3 is 10.6 Å². The van der Waals surface area contributed by atoms with Gasteiger partial charge in [-0.1, -0.05) is 22.9 Å². The summed E-state index contributed by atoms with van der Waals surface area (Å²) in [5.41, 5.74) is 6.27. The second-order valence-electron chi connectivity index (χ2n) is 5.64. The largest absolute Gasteiger partial charge is 0.386 e. The van der Waals surface area contributed by atoms with E-state index in [1.165, 1.54) is 4.57 Å². The van der Waals surface area contributed by atoms with Crippen LogP contribution in [0.5, 0.6) is 0 Å². The molecule has 0 saturated carbocycles. The van der Waals surface area contributed by atoms with E-state index in [2.05, 4.69) is 5.10 Å². The first-order valence-corrected chi connectivity index (χ1v) is 8.76. The number of carbonyl (C=O) groups is 1.